The number of para-hydroxylation sites is 1. The van der Waals surface area contributed by atoms with Gasteiger partial charge in [-0.05, 0) is 23.8 Å². The number of hydrazone groups is 1. The highest BCUT2D eigenvalue weighted by Gasteiger charge is 2.53. The Bertz CT molecular complexity index is 1210. The number of ether oxygens (including phenoxy) is 2. The minimum atomic E-state index is -3.27. The highest BCUT2D eigenvalue weighted by atomic mass is 35.5. The van der Waals surface area contributed by atoms with E-state index in [9.17, 15) is 8.42 Å². The lowest BCUT2D eigenvalue weighted by molar-refractivity contribution is -0.144. The predicted molar refractivity (Wildman–Crippen MR) is 124 cm³/mol. The average Bonchev–Trinajstić information content (AvgIpc) is 3.22. The zero-order valence-electron chi connectivity index (χ0n) is 17.7. The number of benzene rings is 2. The molecule has 7 nitrogen and oxygen atoms in total. The number of rotatable bonds is 3. The van der Waals surface area contributed by atoms with E-state index in [2.05, 4.69) is 0 Å². The van der Waals surface area contributed by atoms with Gasteiger partial charge < -0.3 is 9.47 Å². The average molecular weight is 496 g/mol. The molecule has 3 aliphatic heterocycles. The molecule has 170 valence electrons. The van der Waals surface area contributed by atoms with Crippen LogP contribution in [0.1, 0.15) is 36.4 Å². The molecule has 3 heterocycles. The summed E-state index contributed by atoms with van der Waals surface area (Å²) in [5, 5.41) is 7.98. The fraction of sp³-hybridized carbons (Fsp3) is 0.409. The highest BCUT2D eigenvalue weighted by molar-refractivity contribution is 7.88. The molecule has 2 aromatic carbocycles. The Balaban J connectivity index is 1.58. The summed E-state index contributed by atoms with van der Waals surface area (Å²) in [5.41, 5.74) is 2.03. The SMILES string of the molecule is COc1cccc2c1OC1(CCN(S(C)(=O)=O)CC1)N1N=C(c3ccc(Cl)c(Cl)c3)C[C@@H]21. The van der Waals surface area contributed by atoms with Crippen LogP contribution in [0.4, 0.5) is 0 Å². The molecule has 3 aliphatic rings. The molecular weight excluding hydrogens is 473 g/mol. The van der Waals surface area contributed by atoms with Gasteiger partial charge in [0.25, 0.3) is 0 Å². The summed E-state index contributed by atoms with van der Waals surface area (Å²) < 4.78 is 37.9. The quantitative estimate of drug-likeness (QED) is 0.634. The molecule has 5 rings (SSSR count). The van der Waals surface area contributed by atoms with Gasteiger partial charge in [-0.15, -0.1) is 0 Å². The van der Waals surface area contributed by atoms with Crippen molar-refractivity contribution in [1.82, 2.24) is 9.31 Å². The molecule has 0 bridgehead atoms. The van der Waals surface area contributed by atoms with Crippen LogP contribution in [0.15, 0.2) is 41.5 Å². The van der Waals surface area contributed by atoms with Gasteiger partial charge in [0.1, 0.15) is 0 Å². The Morgan fingerprint density at radius 3 is 2.56 bits per heavy atom. The van der Waals surface area contributed by atoms with Crippen molar-refractivity contribution < 1.29 is 17.9 Å². The maximum Gasteiger partial charge on any atom is 0.211 e. The normalized spacial score (nSPS) is 22.2. The van der Waals surface area contributed by atoms with Crippen LogP contribution in [0.3, 0.4) is 0 Å². The van der Waals surface area contributed by atoms with Crippen molar-refractivity contribution in [1.29, 1.82) is 0 Å². The second kappa shape index (κ2) is 7.80. The topological polar surface area (TPSA) is 71.4 Å². The molecule has 0 aromatic heterocycles. The molecule has 0 unspecified atom stereocenters. The summed E-state index contributed by atoms with van der Waals surface area (Å²) in [6.07, 6.45) is 2.89. The fourth-order valence-corrected chi connectivity index (χ4v) is 5.92. The third-order valence-electron chi connectivity index (χ3n) is 6.43. The summed E-state index contributed by atoms with van der Waals surface area (Å²) in [5.74, 6) is 1.37. The van der Waals surface area contributed by atoms with E-state index in [4.69, 9.17) is 37.8 Å². The zero-order valence-corrected chi connectivity index (χ0v) is 20.0. The van der Waals surface area contributed by atoms with Crippen LogP contribution in [0.5, 0.6) is 11.5 Å². The van der Waals surface area contributed by atoms with Crippen LogP contribution in [0.2, 0.25) is 10.0 Å². The Labute approximate surface area is 197 Å². The molecular formula is C22H23Cl2N3O4S. The lowest BCUT2D eigenvalue weighted by atomic mass is 9.91. The van der Waals surface area contributed by atoms with Crippen LogP contribution in [0, 0.1) is 0 Å². The number of nitrogens with zero attached hydrogens (tertiary/aromatic N) is 3. The molecule has 1 saturated heterocycles. The van der Waals surface area contributed by atoms with E-state index < -0.39 is 15.7 Å². The van der Waals surface area contributed by atoms with Gasteiger partial charge in [-0.2, -0.15) is 5.10 Å². The van der Waals surface area contributed by atoms with Gasteiger partial charge >= 0.3 is 0 Å². The Kier molecular flexibility index (Phi) is 5.32. The van der Waals surface area contributed by atoms with E-state index >= 15 is 0 Å². The number of methoxy groups -OCH3 is 1. The summed E-state index contributed by atoms with van der Waals surface area (Å²) in [6.45, 7) is 0.730. The number of hydrogen-bond acceptors (Lipinski definition) is 6. The van der Waals surface area contributed by atoms with Crippen LogP contribution in [0.25, 0.3) is 0 Å². The number of halogens is 2. The van der Waals surface area contributed by atoms with Crippen molar-refractivity contribution >= 4 is 38.9 Å². The van der Waals surface area contributed by atoms with Crippen molar-refractivity contribution in [2.75, 3.05) is 26.5 Å². The number of sulfonamides is 1. The Hall–Kier alpha value is -2.00. The van der Waals surface area contributed by atoms with Crippen molar-refractivity contribution in [2.45, 2.75) is 31.0 Å². The van der Waals surface area contributed by atoms with E-state index in [0.29, 0.717) is 53.9 Å². The molecule has 1 spiro atoms. The first-order valence-electron chi connectivity index (χ1n) is 10.4. The largest absolute Gasteiger partial charge is 0.493 e. The predicted octanol–water partition coefficient (Wildman–Crippen LogP) is 4.30. The van der Waals surface area contributed by atoms with Crippen molar-refractivity contribution in [3.8, 4) is 11.5 Å². The molecule has 0 N–H and O–H groups in total. The summed E-state index contributed by atoms with van der Waals surface area (Å²) in [4.78, 5) is 0. The van der Waals surface area contributed by atoms with E-state index in [-0.39, 0.29) is 6.04 Å². The van der Waals surface area contributed by atoms with Gasteiger partial charge in [-0.25, -0.2) is 17.7 Å². The minimum absolute atomic E-state index is 0.0527. The molecule has 0 aliphatic carbocycles. The maximum atomic E-state index is 12.1. The third-order valence-corrected chi connectivity index (χ3v) is 8.48. The van der Waals surface area contributed by atoms with E-state index in [0.717, 1.165) is 16.8 Å². The van der Waals surface area contributed by atoms with Crippen molar-refractivity contribution in [3.05, 3.63) is 57.6 Å². The van der Waals surface area contributed by atoms with Gasteiger partial charge in [0.2, 0.25) is 15.7 Å². The summed E-state index contributed by atoms with van der Waals surface area (Å²) in [7, 11) is -1.65. The molecule has 0 saturated carbocycles. The van der Waals surface area contributed by atoms with E-state index in [1.54, 1.807) is 13.2 Å². The van der Waals surface area contributed by atoms with Crippen LogP contribution < -0.4 is 9.47 Å². The second-order valence-electron chi connectivity index (χ2n) is 8.33. The minimum Gasteiger partial charge on any atom is -0.493 e. The summed E-state index contributed by atoms with van der Waals surface area (Å²) >= 11 is 12.4. The molecule has 10 heteroatoms. The summed E-state index contributed by atoms with van der Waals surface area (Å²) in [6, 6.07) is 11.3. The maximum absolute atomic E-state index is 12.1. The molecule has 2 aromatic rings. The molecule has 32 heavy (non-hydrogen) atoms. The molecule has 1 fully saturated rings. The van der Waals surface area contributed by atoms with Gasteiger partial charge in [-0.3, -0.25) is 0 Å². The fourth-order valence-electron chi connectivity index (χ4n) is 4.78. The number of hydrogen-bond donors (Lipinski definition) is 0. The first kappa shape index (κ1) is 21.8. The van der Waals surface area contributed by atoms with Crippen molar-refractivity contribution in [3.63, 3.8) is 0 Å². The highest BCUT2D eigenvalue weighted by Crippen LogP contribution is 2.52. The zero-order chi connectivity index (χ0) is 22.7. The van der Waals surface area contributed by atoms with Gasteiger partial charge in [-0.1, -0.05) is 41.4 Å². The first-order valence-corrected chi connectivity index (χ1v) is 13.0. The standard InChI is InChI=1S/C22H23Cl2N3O4S/c1-30-20-5-3-4-15-19-13-18(14-6-7-16(23)17(24)12-14)25-27(19)22(31-21(15)20)8-10-26(11-9-22)32(2,28)29/h3-7,12,19H,8-11,13H2,1-2H3/t19-/m0/s1. The second-order valence-corrected chi connectivity index (χ2v) is 11.1. The van der Waals surface area contributed by atoms with Crippen LogP contribution >= 0.6 is 23.2 Å². The van der Waals surface area contributed by atoms with Gasteiger partial charge in [0.15, 0.2) is 11.5 Å². The lowest BCUT2D eigenvalue weighted by Crippen LogP contribution is -2.59. The monoisotopic (exact) mass is 495 g/mol. The van der Waals surface area contributed by atoms with Crippen molar-refractivity contribution in [2.24, 2.45) is 5.10 Å². The van der Waals surface area contributed by atoms with E-state index in [1.807, 2.05) is 35.3 Å². The lowest BCUT2D eigenvalue weighted by Gasteiger charge is -2.50. The Morgan fingerprint density at radius 2 is 1.91 bits per heavy atom. The first-order chi connectivity index (χ1) is 15.2. The number of fused-ring (bicyclic) bond motifs is 4. The van der Waals surface area contributed by atoms with Gasteiger partial charge in [0.05, 0.1) is 35.2 Å². The van der Waals surface area contributed by atoms with Gasteiger partial charge in [0, 0.05) is 37.9 Å². The Morgan fingerprint density at radius 1 is 1.16 bits per heavy atom. The van der Waals surface area contributed by atoms with Crippen LogP contribution in [-0.4, -0.2) is 55.6 Å². The van der Waals surface area contributed by atoms with Crippen LogP contribution in [-0.2, 0) is 10.0 Å². The molecule has 1 atom stereocenters. The van der Waals surface area contributed by atoms with E-state index in [1.165, 1.54) is 10.6 Å². The molecule has 0 radical (unpaired) electrons. The third kappa shape index (κ3) is 3.53. The number of piperidine rings is 1. The molecule has 0 amide bonds. The smallest absolute Gasteiger partial charge is 0.211 e.